The lowest BCUT2D eigenvalue weighted by atomic mass is 9.91. The Morgan fingerprint density at radius 1 is 1.16 bits per heavy atom. The first-order valence-electron chi connectivity index (χ1n) is 8.79. The van der Waals surface area contributed by atoms with Gasteiger partial charge < -0.3 is 9.47 Å². The van der Waals surface area contributed by atoms with Crippen molar-refractivity contribution in [3.05, 3.63) is 70.4 Å². The van der Waals surface area contributed by atoms with E-state index in [9.17, 15) is 14.0 Å². The number of amides is 1. The molecule has 132 valence electrons. The molecule has 0 radical (unpaired) electrons. The van der Waals surface area contributed by atoms with Gasteiger partial charge in [0.05, 0.1) is 0 Å². The van der Waals surface area contributed by atoms with Crippen LogP contribution in [0.4, 0.5) is 4.39 Å². The van der Waals surface area contributed by atoms with Crippen molar-refractivity contribution >= 4 is 5.91 Å². The van der Waals surface area contributed by atoms with Crippen molar-refractivity contribution in [2.45, 2.75) is 32.2 Å². The summed E-state index contributed by atoms with van der Waals surface area (Å²) in [6.07, 6.45) is 5.63. The third-order valence-corrected chi connectivity index (χ3v) is 4.83. The molecule has 3 rings (SSSR count). The fourth-order valence-electron chi connectivity index (χ4n) is 3.39. The van der Waals surface area contributed by atoms with Gasteiger partial charge in [0.1, 0.15) is 12.4 Å². The van der Waals surface area contributed by atoms with Gasteiger partial charge in [-0.2, -0.15) is 0 Å². The molecule has 1 aliphatic rings. The first kappa shape index (κ1) is 17.4. The Balaban J connectivity index is 1.53. The van der Waals surface area contributed by atoms with Crippen molar-refractivity contribution in [1.82, 2.24) is 9.47 Å². The highest BCUT2D eigenvalue weighted by Gasteiger charge is 2.23. The zero-order valence-electron chi connectivity index (χ0n) is 14.2. The fourth-order valence-corrected chi connectivity index (χ4v) is 3.39. The number of carbonyl (C=O) groups is 1. The van der Waals surface area contributed by atoms with Gasteiger partial charge in [0.25, 0.3) is 5.56 Å². The van der Waals surface area contributed by atoms with Crippen LogP contribution in [0.15, 0.2) is 53.5 Å². The normalized spacial score (nSPS) is 17.5. The van der Waals surface area contributed by atoms with E-state index in [0.717, 1.165) is 44.3 Å². The van der Waals surface area contributed by atoms with Gasteiger partial charge in [-0.1, -0.05) is 18.2 Å². The van der Waals surface area contributed by atoms with Crippen LogP contribution in [0, 0.1) is 11.7 Å². The van der Waals surface area contributed by atoms with E-state index in [1.54, 1.807) is 18.3 Å². The van der Waals surface area contributed by atoms with Crippen LogP contribution in [0.5, 0.6) is 0 Å². The van der Waals surface area contributed by atoms with Crippen LogP contribution >= 0.6 is 0 Å². The summed E-state index contributed by atoms with van der Waals surface area (Å²) in [7, 11) is 0. The van der Waals surface area contributed by atoms with Gasteiger partial charge in [-0.05, 0) is 55.4 Å². The van der Waals surface area contributed by atoms with E-state index in [-0.39, 0.29) is 23.8 Å². The number of hydrogen-bond acceptors (Lipinski definition) is 2. The second-order valence-corrected chi connectivity index (χ2v) is 6.68. The smallest absolute Gasteiger partial charge is 0.250 e. The van der Waals surface area contributed by atoms with E-state index in [2.05, 4.69) is 0 Å². The summed E-state index contributed by atoms with van der Waals surface area (Å²) in [5, 5.41) is 0. The Morgan fingerprint density at radius 2 is 1.96 bits per heavy atom. The minimum Gasteiger partial charge on any atom is -0.341 e. The number of piperidine rings is 1. The minimum absolute atomic E-state index is 0.000202. The van der Waals surface area contributed by atoms with E-state index in [1.165, 1.54) is 22.8 Å². The van der Waals surface area contributed by atoms with Crippen LogP contribution in [-0.2, 0) is 17.8 Å². The Bertz CT molecular complexity index is 770. The Morgan fingerprint density at radius 3 is 2.72 bits per heavy atom. The van der Waals surface area contributed by atoms with Crippen LogP contribution in [0.1, 0.15) is 24.8 Å². The summed E-state index contributed by atoms with van der Waals surface area (Å²) in [5.41, 5.74) is 0.974. The Kier molecular flexibility index (Phi) is 5.64. The number of rotatable bonds is 5. The number of likely N-dealkylation sites (tertiary alicyclic amines) is 1. The minimum atomic E-state index is -0.214. The molecule has 1 aromatic heterocycles. The maximum absolute atomic E-state index is 13.0. The maximum atomic E-state index is 13.0. The van der Waals surface area contributed by atoms with E-state index in [0.29, 0.717) is 5.92 Å². The van der Waals surface area contributed by atoms with E-state index >= 15 is 0 Å². The first-order chi connectivity index (χ1) is 12.1. The molecular formula is C20H23FN2O2. The SMILES string of the molecule is O=C(Cn1ccccc1=O)N1CCC[C@H](CCc2ccc(F)cc2)C1. The molecule has 0 unspecified atom stereocenters. The zero-order valence-corrected chi connectivity index (χ0v) is 14.2. The number of carbonyl (C=O) groups excluding carboxylic acids is 1. The van der Waals surface area contributed by atoms with Crippen molar-refractivity contribution < 1.29 is 9.18 Å². The van der Waals surface area contributed by atoms with Gasteiger partial charge in [-0.3, -0.25) is 9.59 Å². The van der Waals surface area contributed by atoms with Gasteiger partial charge in [0, 0.05) is 25.4 Å². The molecule has 2 aromatic rings. The van der Waals surface area contributed by atoms with Crippen molar-refractivity contribution in [3.8, 4) is 0 Å². The Labute approximate surface area is 146 Å². The molecule has 25 heavy (non-hydrogen) atoms. The summed E-state index contributed by atoms with van der Waals surface area (Å²) >= 11 is 0. The van der Waals surface area contributed by atoms with E-state index in [4.69, 9.17) is 0 Å². The lowest BCUT2D eigenvalue weighted by molar-refractivity contribution is -0.133. The summed E-state index contributed by atoms with van der Waals surface area (Å²) in [5.74, 6) is 0.240. The predicted octanol–water partition coefficient (Wildman–Crippen LogP) is 2.86. The van der Waals surface area contributed by atoms with E-state index in [1.807, 2.05) is 17.0 Å². The van der Waals surface area contributed by atoms with Gasteiger partial charge >= 0.3 is 0 Å². The second-order valence-electron chi connectivity index (χ2n) is 6.68. The Hall–Kier alpha value is -2.43. The van der Waals surface area contributed by atoms with Crippen LogP contribution in [0.2, 0.25) is 0 Å². The molecule has 1 amide bonds. The molecule has 0 bridgehead atoms. The summed E-state index contributed by atoms with van der Waals surface area (Å²) < 4.78 is 14.4. The first-order valence-corrected chi connectivity index (χ1v) is 8.79. The highest BCUT2D eigenvalue weighted by molar-refractivity contribution is 5.76. The number of aryl methyl sites for hydroxylation is 1. The number of pyridine rings is 1. The monoisotopic (exact) mass is 342 g/mol. The maximum Gasteiger partial charge on any atom is 0.250 e. The molecule has 4 nitrogen and oxygen atoms in total. The molecule has 1 aromatic carbocycles. The van der Waals surface area contributed by atoms with E-state index < -0.39 is 0 Å². The van der Waals surface area contributed by atoms with Crippen LogP contribution in [0.25, 0.3) is 0 Å². The summed E-state index contributed by atoms with van der Waals surface area (Å²) in [4.78, 5) is 26.1. The standard InChI is InChI=1S/C20H23FN2O2/c21-18-10-8-16(9-11-18)6-7-17-4-3-13-22(14-17)20(25)15-23-12-2-1-5-19(23)24/h1-2,5,8-12,17H,3-4,6-7,13-15H2/t17-/m1/s1. The van der Waals surface area contributed by atoms with Crippen molar-refractivity contribution in [2.24, 2.45) is 5.92 Å². The molecule has 0 spiro atoms. The zero-order chi connectivity index (χ0) is 17.6. The number of benzene rings is 1. The van der Waals surface area contributed by atoms with Crippen molar-refractivity contribution in [1.29, 1.82) is 0 Å². The van der Waals surface area contributed by atoms with Crippen molar-refractivity contribution in [3.63, 3.8) is 0 Å². The van der Waals surface area contributed by atoms with Gasteiger partial charge in [-0.25, -0.2) is 4.39 Å². The highest BCUT2D eigenvalue weighted by atomic mass is 19.1. The third kappa shape index (κ3) is 4.78. The van der Waals surface area contributed by atoms with Crippen LogP contribution in [0.3, 0.4) is 0 Å². The van der Waals surface area contributed by atoms with Crippen LogP contribution < -0.4 is 5.56 Å². The molecule has 1 atom stereocenters. The van der Waals surface area contributed by atoms with Gasteiger partial charge in [-0.15, -0.1) is 0 Å². The third-order valence-electron chi connectivity index (χ3n) is 4.83. The average molecular weight is 342 g/mol. The number of hydrogen-bond donors (Lipinski definition) is 0. The van der Waals surface area contributed by atoms with Crippen molar-refractivity contribution in [2.75, 3.05) is 13.1 Å². The molecule has 1 fully saturated rings. The summed E-state index contributed by atoms with van der Waals surface area (Å²) in [6.45, 7) is 1.60. The highest BCUT2D eigenvalue weighted by Crippen LogP contribution is 2.22. The topological polar surface area (TPSA) is 42.3 Å². The molecule has 0 saturated carbocycles. The van der Waals surface area contributed by atoms with Gasteiger partial charge in [0.2, 0.25) is 5.91 Å². The average Bonchev–Trinajstić information content (AvgIpc) is 2.63. The molecule has 1 saturated heterocycles. The lowest BCUT2D eigenvalue weighted by Gasteiger charge is -2.33. The largest absolute Gasteiger partial charge is 0.341 e. The molecule has 0 aliphatic carbocycles. The molecule has 2 heterocycles. The molecule has 5 heteroatoms. The summed E-state index contributed by atoms with van der Waals surface area (Å²) in [6, 6.07) is 11.5. The van der Waals surface area contributed by atoms with Crippen LogP contribution in [-0.4, -0.2) is 28.5 Å². The number of halogens is 1. The second kappa shape index (κ2) is 8.10. The quantitative estimate of drug-likeness (QED) is 0.838. The number of nitrogens with zero attached hydrogens (tertiary/aromatic N) is 2. The molecule has 0 N–H and O–H groups in total. The predicted molar refractivity (Wildman–Crippen MR) is 94.7 cm³/mol. The van der Waals surface area contributed by atoms with Gasteiger partial charge in [0.15, 0.2) is 0 Å². The fraction of sp³-hybridized carbons (Fsp3) is 0.400. The molecule has 1 aliphatic heterocycles. The molecular weight excluding hydrogens is 319 g/mol. The lowest BCUT2D eigenvalue weighted by Crippen LogP contribution is -2.42. The number of aromatic nitrogens is 1.